The average molecular weight is 300 g/mol. The molecule has 0 fully saturated rings. The molecule has 0 atom stereocenters. The Morgan fingerprint density at radius 1 is 1.23 bits per heavy atom. The molecular weight excluding hydrogens is 276 g/mol. The van der Waals surface area contributed by atoms with Gasteiger partial charge in [0.1, 0.15) is 12.2 Å². The first-order valence-corrected chi connectivity index (χ1v) is 7.83. The lowest BCUT2D eigenvalue weighted by Gasteiger charge is -2.10. The van der Waals surface area contributed by atoms with Gasteiger partial charge in [0.2, 0.25) is 5.91 Å². The molecule has 0 spiro atoms. The molecule has 5 heteroatoms. The van der Waals surface area contributed by atoms with Gasteiger partial charge >= 0.3 is 0 Å². The fourth-order valence-electron chi connectivity index (χ4n) is 2.32. The zero-order chi connectivity index (χ0) is 15.9. The lowest BCUT2D eigenvalue weighted by molar-refractivity contribution is -0.120. The van der Waals surface area contributed by atoms with Crippen LogP contribution in [0.5, 0.6) is 0 Å². The van der Waals surface area contributed by atoms with Gasteiger partial charge in [0.25, 0.3) is 0 Å². The van der Waals surface area contributed by atoms with E-state index in [0.717, 1.165) is 12.8 Å². The largest absolute Gasteiger partial charge is 0.355 e. The maximum Gasteiger partial charge on any atom is 0.227 e. The summed E-state index contributed by atoms with van der Waals surface area (Å²) >= 11 is 0. The van der Waals surface area contributed by atoms with Crippen LogP contribution in [0, 0.1) is 0 Å². The van der Waals surface area contributed by atoms with E-state index in [1.165, 1.54) is 11.1 Å². The zero-order valence-corrected chi connectivity index (χ0v) is 13.5. The summed E-state index contributed by atoms with van der Waals surface area (Å²) in [5.74, 6) is 0.694. The van der Waals surface area contributed by atoms with Crippen molar-refractivity contribution in [1.29, 1.82) is 0 Å². The molecule has 1 heterocycles. The third kappa shape index (κ3) is 4.41. The van der Waals surface area contributed by atoms with E-state index in [0.29, 0.717) is 12.4 Å². The topological polar surface area (TPSA) is 59.8 Å². The summed E-state index contributed by atoms with van der Waals surface area (Å²) in [4.78, 5) is 12.0. The number of amides is 1. The predicted molar refractivity (Wildman–Crippen MR) is 86.6 cm³/mol. The molecule has 1 aromatic heterocycles. The minimum absolute atomic E-state index is 0.0138. The van der Waals surface area contributed by atoms with E-state index in [2.05, 4.69) is 46.7 Å². The van der Waals surface area contributed by atoms with Crippen LogP contribution >= 0.6 is 0 Å². The lowest BCUT2D eigenvalue weighted by Crippen LogP contribution is -2.28. The van der Waals surface area contributed by atoms with Crippen LogP contribution in [0.15, 0.2) is 30.6 Å². The summed E-state index contributed by atoms with van der Waals surface area (Å²) in [6.07, 6.45) is 3.83. The number of hydrogen-bond donors (Lipinski definition) is 1. The van der Waals surface area contributed by atoms with E-state index >= 15 is 0 Å². The van der Waals surface area contributed by atoms with Gasteiger partial charge < -0.3 is 9.88 Å². The molecule has 0 bridgehead atoms. The lowest BCUT2D eigenvalue weighted by atomic mass is 10.1. The fourth-order valence-corrected chi connectivity index (χ4v) is 2.32. The Labute approximate surface area is 131 Å². The molecule has 2 aromatic rings. The number of nitrogens with one attached hydrogen (secondary N) is 1. The van der Waals surface area contributed by atoms with E-state index in [1.807, 2.05) is 18.4 Å². The molecular formula is C17H24N4O. The summed E-state index contributed by atoms with van der Waals surface area (Å²) in [6.45, 7) is 6.88. The zero-order valence-electron chi connectivity index (χ0n) is 13.5. The van der Waals surface area contributed by atoms with Crippen LogP contribution in [0.1, 0.15) is 43.8 Å². The second-order valence-corrected chi connectivity index (χ2v) is 5.69. The first-order chi connectivity index (χ1) is 10.6. The van der Waals surface area contributed by atoms with Gasteiger partial charge in [-0.1, -0.05) is 31.2 Å². The van der Waals surface area contributed by atoms with Gasteiger partial charge in [0, 0.05) is 12.6 Å². The number of carbonyl (C=O) groups excluding carboxylic acids is 1. The second kappa shape index (κ2) is 7.73. The molecule has 0 radical (unpaired) electrons. The highest BCUT2D eigenvalue weighted by atomic mass is 16.1. The summed E-state index contributed by atoms with van der Waals surface area (Å²) in [5, 5.41) is 10.8. The first-order valence-electron chi connectivity index (χ1n) is 7.83. The van der Waals surface area contributed by atoms with Gasteiger partial charge in [0.05, 0.1) is 6.42 Å². The van der Waals surface area contributed by atoms with Crippen LogP contribution in [0.25, 0.3) is 0 Å². The van der Waals surface area contributed by atoms with Crippen molar-refractivity contribution < 1.29 is 4.79 Å². The smallest absolute Gasteiger partial charge is 0.227 e. The molecule has 0 aliphatic rings. The van der Waals surface area contributed by atoms with E-state index in [1.54, 1.807) is 6.33 Å². The Hall–Kier alpha value is -2.17. The van der Waals surface area contributed by atoms with Crippen LogP contribution < -0.4 is 5.32 Å². The minimum atomic E-state index is -0.0138. The van der Waals surface area contributed by atoms with Crippen LogP contribution in [-0.2, 0) is 24.1 Å². The third-order valence-corrected chi connectivity index (χ3v) is 3.69. The summed E-state index contributed by atoms with van der Waals surface area (Å²) < 4.78 is 1.92. The van der Waals surface area contributed by atoms with Crippen molar-refractivity contribution in [3.8, 4) is 0 Å². The van der Waals surface area contributed by atoms with Crippen LogP contribution in [-0.4, -0.2) is 27.2 Å². The van der Waals surface area contributed by atoms with Crippen molar-refractivity contribution in [3.05, 3.63) is 47.5 Å². The fraction of sp³-hybridized carbons (Fsp3) is 0.471. The highest BCUT2D eigenvalue weighted by molar-refractivity contribution is 5.77. The van der Waals surface area contributed by atoms with Gasteiger partial charge in [-0.05, 0) is 37.8 Å². The monoisotopic (exact) mass is 300 g/mol. The number of rotatable bonds is 7. The van der Waals surface area contributed by atoms with Crippen LogP contribution in [0.2, 0.25) is 0 Å². The number of aromatic nitrogens is 3. The van der Waals surface area contributed by atoms with Gasteiger partial charge in [0.15, 0.2) is 0 Å². The van der Waals surface area contributed by atoms with E-state index < -0.39 is 0 Å². The highest BCUT2D eigenvalue weighted by Gasteiger charge is 2.11. The van der Waals surface area contributed by atoms with Crippen molar-refractivity contribution in [1.82, 2.24) is 20.1 Å². The van der Waals surface area contributed by atoms with Gasteiger partial charge in [-0.2, -0.15) is 0 Å². The number of hydrogen-bond acceptors (Lipinski definition) is 3. The quantitative estimate of drug-likeness (QED) is 0.853. The predicted octanol–water partition coefficient (Wildman–Crippen LogP) is 2.32. The van der Waals surface area contributed by atoms with Gasteiger partial charge in [-0.3, -0.25) is 4.79 Å². The molecule has 0 saturated heterocycles. The molecule has 0 aliphatic heterocycles. The SMILES string of the molecule is CCc1ccc(CCNC(=O)Cc2nncn2C(C)C)cc1. The molecule has 118 valence electrons. The first kappa shape index (κ1) is 16.2. The molecule has 22 heavy (non-hydrogen) atoms. The normalized spacial score (nSPS) is 10.9. The summed E-state index contributed by atoms with van der Waals surface area (Å²) in [7, 11) is 0. The van der Waals surface area contributed by atoms with Crippen molar-refractivity contribution in [2.75, 3.05) is 6.54 Å². The Balaban J connectivity index is 1.79. The van der Waals surface area contributed by atoms with Crippen LogP contribution in [0.4, 0.5) is 0 Å². The van der Waals surface area contributed by atoms with E-state index in [4.69, 9.17) is 0 Å². The Morgan fingerprint density at radius 2 is 1.91 bits per heavy atom. The Kier molecular flexibility index (Phi) is 5.69. The molecule has 0 aliphatic carbocycles. The van der Waals surface area contributed by atoms with Gasteiger partial charge in [-0.25, -0.2) is 0 Å². The number of aryl methyl sites for hydroxylation is 1. The number of benzene rings is 1. The molecule has 5 nitrogen and oxygen atoms in total. The Bertz CT molecular complexity index is 601. The Morgan fingerprint density at radius 3 is 2.55 bits per heavy atom. The molecule has 1 N–H and O–H groups in total. The highest BCUT2D eigenvalue weighted by Crippen LogP contribution is 2.07. The molecule has 0 unspecified atom stereocenters. The van der Waals surface area contributed by atoms with Crippen molar-refractivity contribution in [2.45, 2.75) is 46.1 Å². The van der Waals surface area contributed by atoms with Crippen molar-refractivity contribution >= 4 is 5.91 Å². The van der Waals surface area contributed by atoms with E-state index in [-0.39, 0.29) is 18.4 Å². The van der Waals surface area contributed by atoms with E-state index in [9.17, 15) is 4.79 Å². The van der Waals surface area contributed by atoms with Crippen molar-refractivity contribution in [2.24, 2.45) is 0 Å². The molecule has 2 rings (SSSR count). The van der Waals surface area contributed by atoms with Gasteiger partial charge in [-0.15, -0.1) is 10.2 Å². The summed E-state index contributed by atoms with van der Waals surface area (Å²) in [6, 6.07) is 8.79. The maximum absolute atomic E-state index is 12.0. The third-order valence-electron chi connectivity index (χ3n) is 3.69. The standard InChI is InChI=1S/C17H24N4O/c1-4-14-5-7-15(8-6-14)9-10-18-17(22)11-16-20-19-12-21(16)13(2)3/h5-8,12-13H,4,9-11H2,1-3H3,(H,18,22). The van der Waals surface area contributed by atoms with Crippen molar-refractivity contribution in [3.63, 3.8) is 0 Å². The minimum Gasteiger partial charge on any atom is -0.355 e. The van der Waals surface area contributed by atoms with Crippen LogP contribution in [0.3, 0.4) is 0 Å². The molecule has 0 saturated carbocycles. The average Bonchev–Trinajstić information content (AvgIpc) is 2.96. The second-order valence-electron chi connectivity index (χ2n) is 5.69. The summed E-state index contributed by atoms with van der Waals surface area (Å²) in [5.41, 5.74) is 2.57. The molecule has 1 amide bonds. The number of carbonyl (C=O) groups is 1. The molecule has 1 aromatic carbocycles. The number of nitrogens with zero attached hydrogens (tertiary/aromatic N) is 3. The maximum atomic E-state index is 12.0.